The third kappa shape index (κ3) is 3.86. The molecule has 2 aromatic rings. The van der Waals surface area contributed by atoms with Crippen molar-refractivity contribution >= 4 is 30.3 Å². The Morgan fingerprint density at radius 3 is 2.72 bits per heavy atom. The van der Waals surface area contributed by atoms with Gasteiger partial charge in [-0.2, -0.15) is 5.10 Å². The van der Waals surface area contributed by atoms with Gasteiger partial charge in [-0.05, 0) is 56.1 Å². The minimum Gasteiger partial charge on any atom is -0.448 e. The number of halogens is 1. The molecule has 2 saturated heterocycles. The normalized spacial score (nSPS) is 25.7. The zero-order chi connectivity index (χ0) is 20.8. The molecule has 1 aliphatic carbocycles. The fourth-order valence-corrected chi connectivity index (χ4v) is 5.79. The first-order valence-corrected chi connectivity index (χ1v) is 11.5. The number of hydrogen-bond donors (Lipinski definition) is 1. The van der Waals surface area contributed by atoms with Crippen LogP contribution in [0.5, 0.6) is 0 Å². The molecule has 3 aliphatic heterocycles. The Labute approximate surface area is 194 Å². The highest BCUT2D eigenvalue weighted by molar-refractivity contribution is 5.96. The number of allylic oxidation sites excluding steroid dienone is 1. The molecule has 7 heteroatoms. The summed E-state index contributed by atoms with van der Waals surface area (Å²) in [4.78, 5) is 15.5. The van der Waals surface area contributed by atoms with E-state index in [1.165, 1.54) is 24.0 Å². The Morgan fingerprint density at radius 2 is 1.94 bits per heavy atom. The second kappa shape index (κ2) is 8.75. The number of nitrogens with one attached hydrogen (secondary N) is 1. The third-order valence-corrected chi connectivity index (χ3v) is 7.27. The average molecular weight is 453 g/mol. The number of carbonyl (C=O) groups excluding carboxylic acids is 1. The van der Waals surface area contributed by atoms with E-state index in [1.54, 1.807) is 10.9 Å². The highest BCUT2D eigenvalue weighted by Crippen LogP contribution is 2.39. The number of ether oxygens (including phenoxy) is 1. The van der Waals surface area contributed by atoms with Gasteiger partial charge in [0, 0.05) is 30.7 Å². The molecule has 2 atom stereocenters. The van der Waals surface area contributed by atoms with Crippen LogP contribution in [-0.2, 0) is 22.5 Å². The monoisotopic (exact) mass is 452 g/mol. The van der Waals surface area contributed by atoms with Crippen molar-refractivity contribution < 1.29 is 9.53 Å². The van der Waals surface area contributed by atoms with E-state index in [1.807, 2.05) is 6.20 Å². The predicted octanol–water partition coefficient (Wildman–Crippen LogP) is 3.98. The first-order chi connectivity index (χ1) is 15.2. The van der Waals surface area contributed by atoms with Crippen molar-refractivity contribution in [2.45, 2.75) is 57.2 Å². The Hall–Kier alpha value is -2.57. The number of rotatable bonds is 5. The SMILES string of the molecule is Cl.O=C(NCC1CC2CCC(C1)N2Cc1ccccc1)C1=Cn2ncc3c2C(=CCC3)O1. The van der Waals surface area contributed by atoms with Crippen LogP contribution >= 0.6 is 12.4 Å². The summed E-state index contributed by atoms with van der Waals surface area (Å²) in [5, 5.41) is 7.54. The number of piperidine rings is 1. The summed E-state index contributed by atoms with van der Waals surface area (Å²) in [6.45, 7) is 1.75. The number of amides is 1. The second-order valence-electron chi connectivity index (χ2n) is 9.26. The topological polar surface area (TPSA) is 59.4 Å². The van der Waals surface area contributed by atoms with Crippen molar-refractivity contribution in [1.82, 2.24) is 20.0 Å². The molecule has 6 nitrogen and oxygen atoms in total. The van der Waals surface area contributed by atoms with Crippen LogP contribution in [0.2, 0.25) is 0 Å². The Morgan fingerprint density at radius 1 is 1.16 bits per heavy atom. The van der Waals surface area contributed by atoms with Crippen LogP contribution in [0.25, 0.3) is 12.0 Å². The van der Waals surface area contributed by atoms with Crippen LogP contribution in [0.1, 0.15) is 48.9 Å². The molecule has 1 N–H and O–H groups in total. The van der Waals surface area contributed by atoms with Crippen LogP contribution in [0.3, 0.4) is 0 Å². The van der Waals surface area contributed by atoms with E-state index in [0.29, 0.717) is 30.3 Å². The molecule has 4 aliphatic rings. The van der Waals surface area contributed by atoms with E-state index in [4.69, 9.17) is 4.74 Å². The summed E-state index contributed by atoms with van der Waals surface area (Å²) < 4.78 is 7.71. The first kappa shape index (κ1) is 21.3. The fourth-order valence-electron chi connectivity index (χ4n) is 5.79. The molecule has 1 aromatic carbocycles. The fraction of sp³-hybridized carbons (Fsp3) is 0.440. The van der Waals surface area contributed by atoms with Crippen LogP contribution < -0.4 is 5.32 Å². The standard InChI is InChI=1S/C25H28N4O2.ClH/c30-25(23-16-29-24-19(14-27-29)7-4-8-22(24)31-23)26-13-18-11-20-9-10-21(12-18)28(20)15-17-5-2-1-3-6-17;/h1-3,5-6,8,14,16,18,20-21H,4,7,9-13,15H2,(H,26,30);1H. The maximum absolute atomic E-state index is 12.8. The van der Waals surface area contributed by atoms with Gasteiger partial charge >= 0.3 is 0 Å². The van der Waals surface area contributed by atoms with Crippen molar-refractivity contribution in [3.8, 4) is 0 Å². The Balaban J connectivity index is 0.00000216. The quantitative estimate of drug-likeness (QED) is 0.745. The van der Waals surface area contributed by atoms with E-state index < -0.39 is 0 Å². The molecule has 2 fully saturated rings. The van der Waals surface area contributed by atoms with Gasteiger partial charge in [0.15, 0.2) is 0 Å². The summed E-state index contributed by atoms with van der Waals surface area (Å²) in [6.07, 6.45) is 12.4. The molecule has 32 heavy (non-hydrogen) atoms. The number of hydrogen-bond acceptors (Lipinski definition) is 4. The Bertz CT molecular complexity index is 1050. The molecule has 2 bridgehead atoms. The van der Waals surface area contributed by atoms with Gasteiger partial charge in [-0.25, -0.2) is 4.68 Å². The van der Waals surface area contributed by atoms with Crippen LogP contribution in [-0.4, -0.2) is 39.2 Å². The number of aromatic nitrogens is 2. The van der Waals surface area contributed by atoms with Crippen molar-refractivity contribution in [3.63, 3.8) is 0 Å². The maximum Gasteiger partial charge on any atom is 0.288 e. The summed E-state index contributed by atoms with van der Waals surface area (Å²) in [7, 11) is 0. The van der Waals surface area contributed by atoms with Gasteiger partial charge in [0.05, 0.1) is 12.4 Å². The van der Waals surface area contributed by atoms with Crippen molar-refractivity contribution in [1.29, 1.82) is 0 Å². The molecule has 1 amide bonds. The molecule has 2 unspecified atom stereocenters. The van der Waals surface area contributed by atoms with Gasteiger partial charge in [0.2, 0.25) is 5.76 Å². The summed E-state index contributed by atoms with van der Waals surface area (Å²) in [6, 6.07) is 12.0. The molecular weight excluding hydrogens is 424 g/mol. The number of benzene rings is 1. The zero-order valence-electron chi connectivity index (χ0n) is 18.1. The lowest BCUT2D eigenvalue weighted by atomic mass is 9.90. The van der Waals surface area contributed by atoms with E-state index in [-0.39, 0.29) is 18.3 Å². The van der Waals surface area contributed by atoms with E-state index in [0.717, 1.165) is 43.7 Å². The summed E-state index contributed by atoms with van der Waals surface area (Å²) in [5.41, 5.74) is 3.57. The average Bonchev–Trinajstić information content (AvgIpc) is 3.31. The lowest BCUT2D eigenvalue weighted by Gasteiger charge is -2.39. The highest BCUT2D eigenvalue weighted by Gasteiger charge is 2.40. The largest absolute Gasteiger partial charge is 0.448 e. The third-order valence-electron chi connectivity index (χ3n) is 7.27. The van der Waals surface area contributed by atoms with Crippen molar-refractivity contribution in [2.24, 2.45) is 5.92 Å². The zero-order valence-corrected chi connectivity index (χ0v) is 18.9. The molecule has 1 aromatic heterocycles. The van der Waals surface area contributed by atoms with Crippen LogP contribution in [0.4, 0.5) is 0 Å². The van der Waals surface area contributed by atoms with Crippen molar-refractivity contribution in [2.75, 3.05) is 6.54 Å². The lowest BCUT2D eigenvalue weighted by molar-refractivity contribution is -0.120. The van der Waals surface area contributed by atoms with Crippen molar-refractivity contribution in [3.05, 3.63) is 65.2 Å². The van der Waals surface area contributed by atoms with Crippen LogP contribution in [0, 0.1) is 5.92 Å². The molecular formula is C25H29ClN4O2. The summed E-state index contributed by atoms with van der Waals surface area (Å²) >= 11 is 0. The van der Waals surface area contributed by atoms with Gasteiger partial charge in [-0.3, -0.25) is 9.69 Å². The highest BCUT2D eigenvalue weighted by atomic mass is 35.5. The van der Waals surface area contributed by atoms with Gasteiger partial charge in [0.1, 0.15) is 11.5 Å². The Kier molecular flexibility index (Phi) is 5.82. The molecule has 6 rings (SSSR count). The lowest BCUT2D eigenvalue weighted by Crippen LogP contribution is -2.45. The van der Waals surface area contributed by atoms with Gasteiger partial charge in [0.25, 0.3) is 5.91 Å². The molecule has 0 saturated carbocycles. The molecule has 0 radical (unpaired) electrons. The van der Waals surface area contributed by atoms with E-state index in [2.05, 4.69) is 51.7 Å². The molecule has 4 heterocycles. The smallest absolute Gasteiger partial charge is 0.288 e. The number of nitrogens with zero attached hydrogens (tertiary/aromatic N) is 3. The molecule has 0 spiro atoms. The van der Waals surface area contributed by atoms with Gasteiger partial charge in [-0.1, -0.05) is 30.3 Å². The second-order valence-corrected chi connectivity index (χ2v) is 9.26. The minimum atomic E-state index is -0.145. The number of carbonyl (C=O) groups is 1. The molecule has 168 valence electrons. The van der Waals surface area contributed by atoms with E-state index >= 15 is 0 Å². The first-order valence-electron chi connectivity index (χ1n) is 11.5. The predicted molar refractivity (Wildman–Crippen MR) is 126 cm³/mol. The minimum absolute atomic E-state index is 0. The number of aryl methyl sites for hydroxylation is 1. The summed E-state index contributed by atoms with van der Waals surface area (Å²) in [5.74, 6) is 1.48. The van der Waals surface area contributed by atoms with E-state index in [9.17, 15) is 4.79 Å². The number of fused-ring (bicyclic) bond motifs is 2. The van der Waals surface area contributed by atoms with Crippen LogP contribution in [0.15, 0.2) is 48.4 Å². The van der Waals surface area contributed by atoms with Gasteiger partial charge in [-0.15, -0.1) is 12.4 Å². The maximum atomic E-state index is 12.8. The van der Waals surface area contributed by atoms with Gasteiger partial charge < -0.3 is 10.1 Å².